The molecule has 0 aliphatic carbocycles. The van der Waals surface area contributed by atoms with Crippen molar-refractivity contribution in [3.05, 3.63) is 58.9 Å². The molecule has 0 fully saturated rings. The normalized spacial score (nSPS) is 11.2. The topological polar surface area (TPSA) is 88.4 Å². The van der Waals surface area contributed by atoms with Gasteiger partial charge in [-0.3, -0.25) is 4.79 Å². The molecule has 0 bridgehead atoms. The van der Waals surface area contributed by atoms with Gasteiger partial charge in [-0.2, -0.15) is 5.26 Å². The van der Waals surface area contributed by atoms with E-state index in [2.05, 4.69) is 5.32 Å². The van der Waals surface area contributed by atoms with Crippen molar-refractivity contribution in [2.45, 2.75) is 13.0 Å². The van der Waals surface area contributed by atoms with E-state index in [0.717, 1.165) is 0 Å². The minimum atomic E-state index is -1.08. The van der Waals surface area contributed by atoms with Crippen molar-refractivity contribution in [1.29, 1.82) is 5.26 Å². The van der Waals surface area contributed by atoms with E-state index in [0.29, 0.717) is 11.4 Å². The number of carbonyl (C=O) groups is 2. The SMILES string of the molecule is C[C@@H](OC(=O)COc1ccc(F)cc1)C(=O)Nc1ccc(C#N)c(Cl)c1. The van der Waals surface area contributed by atoms with Gasteiger partial charge >= 0.3 is 5.97 Å². The number of hydrogen-bond donors (Lipinski definition) is 1. The van der Waals surface area contributed by atoms with Crippen LogP contribution in [-0.2, 0) is 14.3 Å². The number of nitrogens with zero attached hydrogens (tertiary/aromatic N) is 1. The van der Waals surface area contributed by atoms with Crippen LogP contribution < -0.4 is 10.1 Å². The van der Waals surface area contributed by atoms with E-state index in [1.54, 1.807) is 0 Å². The number of nitriles is 1. The van der Waals surface area contributed by atoms with E-state index >= 15 is 0 Å². The van der Waals surface area contributed by atoms with Gasteiger partial charge in [0.25, 0.3) is 5.91 Å². The molecule has 0 spiro atoms. The average Bonchev–Trinajstić information content (AvgIpc) is 2.61. The summed E-state index contributed by atoms with van der Waals surface area (Å²) in [5.41, 5.74) is 0.645. The Bertz CT molecular complexity index is 849. The fourth-order valence-electron chi connectivity index (χ4n) is 1.89. The molecule has 8 heteroatoms. The maximum absolute atomic E-state index is 12.8. The first-order valence-corrected chi connectivity index (χ1v) is 7.85. The fourth-order valence-corrected chi connectivity index (χ4v) is 2.11. The summed E-state index contributed by atoms with van der Waals surface area (Å²) in [6, 6.07) is 11.4. The highest BCUT2D eigenvalue weighted by molar-refractivity contribution is 6.32. The highest BCUT2D eigenvalue weighted by Crippen LogP contribution is 2.20. The summed E-state index contributed by atoms with van der Waals surface area (Å²) in [5, 5.41) is 11.5. The van der Waals surface area contributed by atoms with E-state index in [9.17, 15) is 14.0 Å². The zero-order valence-corrected chi connectivity index (χ0v) is 14.4. The second-order valence-electron chi connectivity index (χ2n) is 5.17. The number of ether oxygens (including phenoxy) is 2. The molecular weight excluding hydrogens is 363 g/mol. The summed E-state index contributed by atoms with van der Waals surface area (Å²) in [5.74, 6) is -1.45. The molecule has 0 unspecified atom stereocenters. The molecule has 26 heavy (non-hydrogen) atoms. The minimum Gasteiger partial charge on any atom is -0.482 e. The second kappa shape index (κ2) is 8.83. The molecular formula is C18H14ClFN2O4. The van der Waals surface area contributed by atoms with Gasteiger partial charge in [0, 0.05) is 5.69 Å². The van der Waals surface area contributed by atoms with E-state index in [4.69, 9.17) is 26.3 Å². The lowest BCUT2D eigenvalue weighted by Crippen LogP contribution is -2.31. The lowest BCUT2D eigenvalue weighted by molar-refractivity contribution is -0.155. The standard InChI is InChI=1S/C18H14ClFN2O4/c1-11(18(24)22-14-5-2-12(9-21)16(19)8-14)26-17(23)10-25-15-6-3-13(20)4-7-15/h2-8,11H,10H2,1H3,(H,22,24)/t11-/m1/s1. The third-order valence-corrected chi connectivity index (χ3v) is 3.52. The average molecular weight is 377 g/mol. The minimum absolute atomic E-state index is 0.197. The molecule has 1 amide bonds. The number of hydrogen-bond acceptors (Lipinski definition) is 5. The van der Waals surface area contributed by atoms with Crippen LogP contribution in [0, 0.1) is 17.1 Å². The summed E-state index contributed by atoms with van der Waals surface area (Å²) in [6.07, 6.45) is -1.08. The van der Waals surface area contributed by atoms with Crippen LogP contribution in [0.5, 0.6) is 5.75 Å². The molecule has 1 atom stereocenters. The third-order valence-electron chi connectivity index (χ3n) is 3.20. The van der Waals surface area contributed by atoms with Crippen molar-refractivity contribution in [3.63, 3.8) is 0 Å². The fraction of sp³-hybridized carbons (Fsp3) is 0.167. The number of nitrogens with one attached hydrogen (secondary N) is 1. The number of rotatable bonds is 6. The van der Waals surface area contributed by atoms with Crippen molar-refractivity contribution >= 4 is 29.2 Å². The van der Waals surface area contributed by atoms with Gasteiger partial charge in [0.1, 0.15) is 17.6 Å². The van der Waals surface area contributed by atoms with Gasteiger partial charge in [-0.1, -0.05) is 11.6 Å². The molecule has 0 saturated carbocycles. The molecule has 0 aliphatic heterocycles. The molecule has 6 nitrogen and oxygen atoms in total. The van der Waals surface area contributed by atoms with Crippen LogP contribution in [0.15, 0.2) is 42.5 Å². The first-order valence-electron chi connectivity index (χ1n) is 7.47. The molecule has 2 aromatic rings. The van der Waals surface area contributed by atoms with Crippen LogP contribution >= 0.6 is 11.6 Å². The van der Waals surface area contributed by atoms with Gasteiger partial charge in [-0.25, -0.2) is 9.18 Å². The molecule has 0 aliphatic rings. The highest BCUT2D eigenvalue weighted by Gasteiger charge is 2.18. The third kappa shape index (κ3) is 5.46. The van der Waals surface area contributed by atoms with Gasteiger partial charge in [0.15, 0.2) is 12.7 Å². The molecule has 2 aromatic carbocycles. The summed E-state index contributed by atoms with van der Waals surface area (Å²) in [6.45, 7) is 0.975. The largest absolute Gasteiger partial charge is 0.482 e. The smallest absolute Gasteiger partial charge is 0.344 e. The quantitative estimate of drug-likeness (QED) is 0.781. The molecule has 0 saturated heterocycles. The van der Waals surface area contributed by atoms with E-state index in [1.165, 1.54) is 49.4 Å². The van der Waals surface area contributed by atoms with Crippen LogP contribution in [0.3, 0.4) is 0 Å². The van der Waals surface area contributed by atoms with Crippen molar-refractivity contribution < 1.29 is 23.5 Å². The van der Waals surface area contributed by atoms with Crippen LogP contribution in [0.1, 0.15) is 12.5 Å². The summed E-state index contributed by atoms with van der Waals surface area (Å²) in [7, 11) is 0. The highest BCUT2D eigenvalue weighted by atomic mass is 35.5. The van der Waals surface area contributed by atoms with Crippen LogP contribution in [0.2, 0.25) is 5.02 Å². The lowest BCUT2D eigenvalue weighted by atomic mass is 10.2. The Balaban J connectivity index is 1.84. The Kier molecular flexibility index (Phi) is 6.53. The molecule has 2 rings (SSSR count). The van der Waals surface area contributed by atoms with Crippen LogP contribution in [0.25, 0.3) is 0 Å². The maximum atomic E-state index is 12.8. The maximum Gasteiger partial charge on any atom is 0.344 e. The number of halogens is 2. The Hall–Kier alpha value is -3.11. The van der Waals surface area contributed by atoms with Crippen LogP contribution in [0.4, 0.5) is 10.1 Å². The zero-order chi connectivity index (χ0) is 19.1. The summed E-state index contributed by atoms with van der Waals surface area (Å²) in [4.78, 5) is 23.8. The number of carbonyl (C=O) groups excluding carboxylic acids is 2. The number of amides is 1. The van der Waals surface area contributed by atoms with E-state index < -0.39 is 30.4 Å². The van der Waals surface area contributed by atoms with Gasteiger partial charge in [-0.15, -0.1) is 0 Å². The predicted molar refractivity (Wildman–Crippen MR) is 92.2 cm³/mol. The van der Waals surface area contributed by atoms with Crippen LogP contribution in [-0.4, -0.2) is 24.6 Å². The summed E-state index contributed by atoms with van der Waals surface area (Å²) < 4.78 is 22.9. The second-order valence-corrected chi connectivity index (χ2v) is 5.58. The molecule has 1 N–H and O–H groups in total. The first-order chi connectivity index (χ1) is 12.4. The Labute approximate surface area is 154 Å². The molecule has 0 aromatic heterocycles. The first kappa shape index (κ1) is 19.2. The van der Waals surface area contributed by atoms with Crippen molar-refractivity contribution in [1.82, 2.24) is 0 Å². The van der Waals surface area contributed by atoms with Gasteiger partial charge in [-0.05, 0) is 49.4 Å². The molecule has 0 radical (unpaired) electrons. The van der Waals surface area contributed by atoms with Crippen molar-refractivity contribution in [2.75, 3.05) is 11.9 Å². The van der Waals surface area contributed by atoms with E-state index in [1.807, 2.05) is 6.07 Å². The lowest BCUT2D eigenvalue weighted by Gasteiger charge is -2.14. The molecule has 0 heterocycles. The number of esters is 1. The Morgan fingerprint density at radius 2 is 1.96 bits per heavy atom. The Morgan fingerprint density at radius 3 is 2.58 bits per heavy atom. The zero-order valence-electron chi connectivity index (χ0n) is 13.7. The van der Waals surface area contributed by atoms with Gasteiger partial charge in [0.05, 0.1) is 10.6 Å². The Morgan fingerprint density at radius 1 is 1.27 bits per heavy atom. The van der Waals surface area contributed by atoms with Gasteiger partial charge in [0.2, 0.25) is 0 Å². The van der Waals surface area contributed by atoms with Crippen molar-refractivity contribution in [2.24, 2.45) is 0 Å². The number of benzene rings is 2. The van der Waals surface area contributed by atoms with E-state index in [-0.39, 0.29) is 10.6 Å². The van der Waals surface area contributed by atoms with Gasteiger partial charge < -0.3 is 14.8 Å². The molecule has 134 valence electrons. The van der Waals surface area contributed by atoms with Crippen molar-refractivity contribution in [3.8, 4) is 11.8 Å². The monoisotopic (exact) mass is 376 g/mol. The predicted octanol–water partition coefficient (Wildman–Crippen LogP) is 3.30. The number of anilines is 1. The summed E-state index contributed by atoms with van der Waals surface area (Å²) >= 11 is 5.89.